The minimum atomic E-state index is 0. The molecule has 1 fully saturated rings. The van der Waals surface area contributed by atoms with Crippen molar-refractivity contribution in [3.8, 4) is 0 Å². The number of piperazine rings is 1. The van der Waals surface area contributed by atoms with E-state index in [1.54, 1.807) is 12.1 Å². The first kappa shape index (κ1) is 24.6. The van der Waals surface area contributed by atoms with Gasteiger partial charge in [-0.3, -0.25) is 4.98 Å². The molecule has 0 aliphatic carbocycles. The molecule has 0 radical (unpaired) electrons. The summed E-state index contributed by atoms with van der Waals surface area (Å²) in [6, 6.07) is 7.39. The fraction of sp³-hybridized carbons (Fsp3) is 0.300. The number of hydrogen-bond acceptors (Lipinski definition) is 10. The van der Waals surface area contributed by atoms with Crippen molar-refractivity contribution in [1.29, 1.82) is 0 Å². The van der Waals surface area contributed by atoms with Crippen LogP contribution in [-0.4, -0.2) is 62.9 Å². The van der Waals surface area contributed by atoms with Gasteiger partial charge in [0.05, 0.1) is 6.29 Å². The molecule has 10 nitrogen and oxygen atoms in total. The van der Waals surface area contributed by atoms with Crippen molar-refractivity contribution in [3.05, 3.63) is 54.2 Å². The molecule has 0 atom stereocenters. The fourth-order valence-corrected chi connectivity index (χ4v) is 3.13. The van der Waals surface area contributed by atoms with Crippen LogP contribution < -0.4 is 44.7 Å². The van der Waals surface area contributed by atoms with Crippen molar-refractivity contribution >= 4 is 29.7 Å². The van der Waals surface area contributed by atoms with Crippen LogP contribution in [0.15, 0.2) is 42.9 Å². The first-order valence-electron chi connectivity index (χ1n) is 9.51. The van der Waals surface area contributed by atoms with Crippen LogP contribution in [0.4, 0.5) is 23.4 Å². The second-order valence-corrected chi connectivity index (χ2v) is 6.57. The van der Waals surface area contributed by atoms with E-state index in [4.69, 9.17) is 0 Å². The van der Waals surface area contributed by atoms with Gasteiger partial charge in [-0.15, -0.1) is 5.56 Å². The van der Waals surface area contributed by atoms with Crippen LogP contribution in [-0.2, 0) is 11.2 Å². The first-order valence-corrected chi connectivity index (χ1v) is 9.51. The average Bonchev–Trinajstić information content (AvgIpc) is 2.80. The summed E-state index contributed by atoms with van der Waals surface area (Å²) >= 11 is 0. The van der Waals surface area contributed by atoms with Crippen molar-refractivity contribution in [1.82, 2.24) is 24.9 Å². The number of hydrogen-bond donors (Lipinski definition) is 1. The predicted molar refractivity (Wildman–Crippen MR) is 112 cm³/mol. The Morgan fingerprint density at radius 2 is 1.71 bits per heavy atom. The van der Waals surface area contributed by atoms with Gasteiger partial charge in [-0.05, 0) is 12.1 Å². The van der Waals surface area contributed by atoms with Crippen molar-refractivity contribution < 1.29 is 39.8 Å². The van der Waals surface area contributed by atoms with Crippen LogP contribution in [0, 0.1) is 0 Å². The number of carbonyl (C=O) groups excluding carboxylic acids is 1. The molecule has 0 spiro atoms. The number of aromatic nitrogens is 5. The average molecular weight is 429 g/mol. The molecule has 0 amide bonds. The molecule has 31 heavy (non-hydrogen) atoms. The molecule has 2 N–H and O–H groups in total. The second-order valence-electron chi connectivity index (χ2n) is 6.57. The third kappa shape index (κ3) is 6.17. The standard InChI is InChI=1S/C20H21N8O.Na.H2O/c1-2-17-23-19(24-18-4-3-15(14-29)13-22-18)26-20(25-17)28-11-9-27(10-12-28)16-5-7-21-8-6-16;;/h3-8,13H,2,9-12H2,1H3,(H,22,23,24,25,26);;1H2/q-1;+1;/p-1. The summed E-state index contributed by atoms with van der Waals surface area (Å²) in [6.07, 6.45) is 7.59. The zero-order chi connectivity index (χ0) is 20.1. The molecule has 0 aromatic carbocycles. The van der Waals surface area contributed by atoms with Gasteiger partial charge in [0, 0.05) is 50.7 Å². The topological polar surface area (TPSA) is 130 Å². The summed E-state index contributed by atoms with van der Waals surface area (Å²) in [5.41, 5.74) is 1.57. The van der Waals surface area contributed by atoms with E-state index in [-0.39, 0.29) is 35.0 Å². The number of pyridine rings is 2. The van der Waals surface area contributed by atoms with Gasteiger partial charge < -0.3 is 30.4 Å². The van der Waals surface area contributed by atoms with Crippen LogP contribution in [0.5, 0.6) is 0 Å². The van der Waals surface area contributed by atoms with Gasteiger partial charge in [0.25, 0.3) is 0 Å². The van der Waals surface area contributed by atoms with Gasteiger partial charge in [0.15, 0.2) is 0 Å². The zero-order valence-electron chi connectivity index (χ0n) is 17.6. The fourth-order valence-electron chi connectivity index (χ4n) is 3.13. The van der Waals surface area contributed by atoms with Crippen molar-refractivity contribution in [2.45, 2.75) is 13.3 Å². The van der Waals surface area contributed by atoms with E-state index in [0.29, 0.717) is 35.5 Å². The van der Waals surface area contributed by atoms with Crippen molar-refractivity contribution in [2.24, 2.45) is 0 Å². The van der Waals surface area contributed by atoms with E-state index in [1.807, 2.05) is 37.7 Å². The molecular weight excluding hydrogens is 407 g/mol. The molecule has 0 saturated carbocycles. The molecule has 0 bridgehead atoms. The Bertz CT molecular complexity index is 967. The van der Waals surface area contributed by atoms with Crippen LogP contribution in [0.1, 0.15) is 18.3 Å². The Morgan fingerprint density at radius 1 is 1.00 bits per heavy atom. The van der Waals surface area contributed by atoms with Crippen molar-refractivity contribution in [3.63, 3.8) is 0 Å². The largest absolute Gasteiger partial charge is 1.00 e. The van der Waals surface area contributed by atoms with Crippen LogP contribution in [0.2, 0.25) is 0 Å². The van der Waals surface area contributed by atoms with Gasteiger partial charge >= 0.3 is 29.6 Å². The van der Waals surface area contributed by atoms with Gasteiger partial charge in [-0.1, -0.05) is 19.2 Å². The normalized spacial score (nSPS) is 13.1. The molecule has 4 rings (SSSR count). The third-order valence-corrected chi connectivity index (χ3v) is 4.70. The number of aryl methyl sites for hydroxylation is 1. The molecule has 1 aliphatic rings. The maximum Gasteiger partial charge on any atom is 1.00 e. The van der Waals surface area contributed by atoms with Gasteiger partial charge in [-0.2, -0.15) is 21.0 Å². The Morgan fingerprint density at radius 3 is 2.32 bits per heavy atom. The van der Waals surface area contributed by atoms with Crippen LogP contribution in [0.3, 0.4) is 0 Å². The predicted octanol–water partition coefficient (Wildman–Crippen LogP) is -1.42. The van der Waals surface area contributed by atoms with E-state index >= 15 is 0 Å². The molecule has 4 heterocycles. The smallest absolute Gasteiger partial charge is 0.870 e. The number of nitrogens with zero attached hydrogens (tertiary/aromatic N) is 7. The van der Waals surface area contributed by atoms with Gasteiger partial charge in [-0.25, -0.2) is 0 Å². The first-order chi connectivity index (χ1) is 14.2. The summed E-state index contributed by atoms with van der Waals surface area (Å²) < 4.78 is 0. The SMILES string of the molecule is CCc1nc(Nc2ccc([C-]=O)cn2)nc(N2CCN(c3ccncc3)CC2)n1.[Na+].[OH-]. The Hall–Kier alpha value is -2.66. The quantitative estimate of drug-likeness (QED) is 0.368. The maximum atomic E-state index is 10.7. The number of rotatable bonds is 6. The minimum absolute atomic E-state index is 0. The molecule has 3 aromatic heterocycles. The summed E-state index contributed by atoms with van der Waals surface area (Å²) in [7, 11) is 0. The monoisotopic (exact) mass is 429 g/mol. The van der Waals surface area contributed by atoms with Crippen LogP contribution >= 0.6 is 0 Å². The second kappa shape index (κ2) is 11.7. The Balaban J connectivity index is 0.00000171. The molecule has 156 valence electrons. The molecule has 11 heteroatoms. The molecular formula is C20H22N8NaO2-. The Labute approximate surface area is 202 Å². The van der Waals surface area contributed by atoms with E-state index in [0.717, 1.165) is 26.2 Å². The zero-order valence-corrected chi connectivity index (χ0v) is 19.6. The van der Waals surface area contributed by atoms with Crippen LogP contribution in [0.25, 0.3) is 0 Å². The summed E-state index contributed by atoms with van der Waals surface area (Å²) in [5, 5.41) is 3.10. The van der Waals surface area contributed by atoms with Crippen molar-refractivity contribution in [2.75, 3.05) is 41.3 Å². The minimum Gasteiger partial charge on any atom is -0.870 e. The van der Waals surface area contributed by atoms with E-state index in [9.17, 15) is 4.79 Å². The van der Waals surface area contributed by atoms with Gasteiger partial charge in [0.2, 0.25) is 11.9 Å². The molecule has 1 aliphatic heterocycles. The van der Waals surface area contributed by atoms with E-state index in [2.05, 4.69) is 40.0 Å². The molecule has 1 saturated heterocycles. The number of anilines is 4. The summed E-state index contributed by atoms with van der Waals surface area (Å²) in [4.78, 5) is 37.1. The maximum absolute atomic E-state index is 10.7. The third-order valence-electron chi connectivity index (χ3n) is 4.70. The molecule has 0 unspecified atom stereocenters. The summed E-state index contributed by atoms with van der Waals surface area (Å²) in [5.74, 6) is 2.38. The molecule has 3 aromatic rings. The summed E-state index contributed by atoms with van der Waals surface area (Å²) in [6.45, 7) is 5.40. The Kier molecular flexibility index (Phi) is 9.25. The number of nitrogens with one attached hydrogen (secondary N) is 1. The van der Waals surface area contributed by atoms with E-state index in [1.165, 1.54) is 11.9 Å². The van der Waals surface area contributed by atoms with E-state index < -0.39 is 0 Å². The van der Waals surface area contributed by atoms with Gasteiger partial charge in [0.1, 0.15) is 11.6 Å².